The molecule has 0 saturated heterocycles. The van der Waals surface area contributed by atoms with Gasteiger partial charge in [-0.2, -0.15) is 0 Å². The van der Waals surface area contributed by atoms with Crippen LogP contribution in [-0.4, -0.2) is 91.3 Å². The molecule has 0 amide bonds. The number of aliphatic hydroxyl groups excluding tert-OH is 2. The second-order valence-electron chi connectivity index (χ2n) is 6.91. The Labute approximate surface area is 261 Å². The van der Waals surface area contributed by atoms with Gasteiger partial charge in [0, 0.05) is 0 Å². The molecule has 1 atom stereocenters. The first-order chi connectivity index (χ1) is 15.4. The van der Waals surface area contributed by atoms with Gasteiger partial charge in [0.25, 0.3) is 0 Å². The molecule has 9 nitrogen and oxygen atoms in total. The van der Waals surface area contributed by atoms with Gasteiger partial charge in [-0.25, -0.2) is 0 Å². The first-order valence-corrected chi connectivity index (χ1v) is 17.7. The van der Waals surface area contributed by atoms with Crippen LogP contribution in [0.5, 0.6) is 11.5 Å². The number of ether oxygens (including phenoxy) is 1. The fourth-order valence-electron chi connectivity index (χ4n) is 2.89. The zero-order valence-electron chi connectivity index (χ0n) is 17.7. The predicted octanol–water partition coefficient (Wildman–Crippen LogP) is 1.99. The van der Waals surface area contributed by atoms with Gasteiger partial charge < -0.3 is 0 Å². The van der Waals surface area contributed by atoms with E-state index in [-0.39, 0.29) is 105 Å². The molecule has 0 aliphatic heterocycles. The number of aromatic nitrogens is 5. The monoisotopic (exact) mass is 752 g/mol. The topological polar surface area (TPSA) is 118 Å². The van der Waals surface area contributed by atoms with Crippen molar-refractivity contribution in [2.24, 2.45) is 0 Å². The summed E-state index contributed by atoms with van der Waals surface area (Å²) in [6.45, 7) is 1.58. The molecule has 0 saturated carbocycles. The summed E-state index contributed by atoms with van der Waals surface area (Å²) in [4.78, 5) is 14.2. The molecular formula is C19H17N6O3RaRbS2. The standard InChI is InChI=1S/C19H16N6O3S2.Ra.Rb.H/c1-11-16(8-22-25-11)28-15-6-12(30-17-4-2-3-5-20-17)7-21-18(15)24-19-23-13(10-29-19)14(27)9-26;;;/h2-7,10,14,26-27H,9H2,1H3,(H-,21,22,23,24,25);;;/q-1;;+1;. The SMILES string of the molecule is Cc1n[n]([Rb])[c]([RaH])c1Oc1cc(Sc2ccccn2)cnc1Nc1nc(C(O)CO)cs1. The number of pyridine rings is 2. The van der Waals surface area contributed by atoms with Gasteiger partial charge in [-0.1, -0.05) is 0 Å². The molecule has 32 heavy (non-hydrogen) atoms. The molecule has 0 fully saturated rings. The molecule has 3 N–H and O–H groups in total. The molecule has 4 rings (SSSR count). The van der Waals surface area contributed by atoms with Crippen LogP contribution in [0.4, 0.5) is 10.9 Å². The van der Waals surface area contributed by atoms with Gasteiger partial charge in [0.2, 0.25) is 0 Å². The molecule has 4 aromatic heterocycles. The zero-order valence-corrected chi connectivity index (χ0v) is 32.4. The van der Waals surface area contributed by atoms with E-state index in [0.29, 0.717) is 22.4 Å². The predicted molar refractivity (Wildman–Crippen MR) is 119 cm³/mol. The minimum absolute atomic E-state index is 0.0653. The molecule has 0 aliphatic rings. The van der Waals surface area contributed by atoms with E-state index < -0.39 is 6.10 Å². The second kappa shape index (κ2) is 11.8. The number of aliphatic hydroxyl groups is 2. The molecule has 13 heteroatoms. The maximum absolute atomic E-state index is 9.82. The fourth-order valence-corrected chi connectivity index (χ4v) is 7.97. The van der Waals surface area contributed by atoms with Crippen LogP contribution in [0, 0.1) is 49.7 Å². The van der Waals surface area contributed by atoms with Crippen LogP contribution in [0.15, 0.2) is 52.0 Å². The van der Waals surface area contributed by atoms with Gasteiger partial charge in [-0.05, 0) is 0 Å². The van der Waals surface area contributed by atoms with Crippen molar-refractivity contribution in [3.63, 3.8) is 0 Å². The Morgan fingerprint density at radius 1 is 1.38 bits per heavy atom. The first kappa shape index (κ1) is 25.4. The number of rotatable bonds is 8. The zero-order chi connectivity index (χ0) is 22.7. The van der Waals surface area contributed by atoms with Gasteiger partial charge in [-0.15, -0.1) is 0 Å². The average molecular weight is 753 g/mol. The van der Waals surface area contributed by atoms with Crippen molar-refractivity contribution in [3.05, 3.63) is 53.4 Å². The number of nitrogens with zero attached hydrogens (tertiary/aromatic N) is 5. The van der Waals surface area contributed by atoms with Crippen molar-refractivity contribution in [1.82, 2.24) is 18.5 Å². The Hall–Kier alpha value is 0.283. The van der Waals surface area contributed by atoms with Crippen molar-refractivity contribution < 1.29 is 57.7 Å². The summed E-state index contributed by atoms with van der Waals surface area (Å²) < 4.78 is 9.64. The molecular weight excluding hydrogens is 736 g/mol. The summed E-state index contributed by atoms with van der Waals surface area (Å²) in [5.41, 5.74) is 1.28. The molecule has 0 aromatic carbocycles. The van der Waals surface area contributed by atoms with Gasteiger partial charge >= 0.3 is 267 Å². The molecule has 0 spiro atoms. The molecule has 4 heterocycles. The Kier molecular flexibility index (Phi) is 9.37. The van der Waals surface area contributed by atoms with E-state index in [1.165, 1.54) is 23.8 Å². The number of aryl methyl sites for hydroxylation is 1. The second-order valence-corrected chi connectivity index (χ2v) is 14.8. The Balaban J connectivity index is 1.67. The van der Waals surface area contributed by atoms with Crippen LogP contribution in [0.2, 0.25) is 0 Å². The van der Waals surface area contributed by atoms with Crippen molar-refractivity contribution in [3.8, 4) is 11.5 Å². The van der Waals surface area contributed by atoms with Crippen LogP contribution in [0.3, 0.4) is 0 Å². The van der Waals surface area contributed by atoms with E-state index in [9.17, 15) is 5.11 Å². The van der Waals surface area contributed by atoms with E-state index in [4.69, 9.17) is 9.84 Å². The first-order valence-electron chi connectivity index (χ1n) is 9.73. The van der Waals surface area contributed by atoms with E-state index in [1.54, 1.807) is 17.8 Å². The summed E-state index contributed by atoms with van der Waals surface area (Å²) in [6.07, 6.45) is 2.50. The van der Waals surface area contributed by atoms with Crippen LogP contribution in [0.1, 0.15) is 17.5 Å². The fraction of sp³-hybridized carbons (Fsp3) is 0.158. The van der Waals surface area contributed by atoms with E-state index >= 15 is 0 Å². The molecule has 0 aliphatic carbocycles. The van der Waals surface area contributed by atoms with Crippen molar-refractivity contribution in [2.75, 3.05) is 11.9 Å². The van der Waals surface area contributed by atoms with Crippen molar-refractivity contribution >= 4 is 90.8 Å². The number of thiazole rings is 1. The molecule has 1 unspecified atom stereocenters. The summed E-state index contributed by atoms with van der Waals surface area (Å²) in [7, 11) is 0. The van der Waals surface area contributed by atoms with Gasteiger partial charge in [-0.3, -0.25) is 0 Å². The van der Waals surface area contributed by atoms with Crippen LogP contribution in [0.25, 0.3) is 0 Å². The van der Waals surface area contributed by atoms with Gasteiger partial charge in [0.15, 0.2) is 0 Å². The van der Waals surface area contributed by atoms with Gasteiger partial charge in [0.05, 0.1) is 0 Å². The number of hydrogen-bond donors (Lipinski definition) is 3. The van der Waals surface area contributed by atoms with E-state index in [2.05, 4.69) is 23.8 Å². The van der Waals surface area contributed by atoms with Crippen molar-refractivity contribution in [2.45, 2.75) is 22.9 Å². The van der Waals surface area contributed by atoms with E-state index in [0.717, 1.165) is 21.4 Å². The number of hydrogen-bond acceptors (Lipinski definition) is 10. The summed E-state index contributed by atoms with van der Waals surface area (Å²) in [5.74, 6) is 1.89. The average Bonchev–Trinajstić information content (AvgIpc) is 3.35. The third-order valence-electron chi connectivity index (χ3n) is 4.60. The number of nitrogens with one attached hydrogen (secondary N) is 1. The third kappa shape index (κ3) is 6.28. The maximum atomic E-state index is 9.82. The third-order valence-corrected chi connectivity index (χ3v) is 22.0. The van der Waals surface area contributed by atoms with Crippen LogP contribution in [-0.2, 0) is 0 Å². The molecule has 4 aromatic rings. The number of anilines is 2. The quantitative estimate of drug-likeness (QED) is 0.249. The minimum atomic E-state index is -1.01. The summed E-state index contributed by atoms with van der Waals surface area (Å²) in [5, 5.41) is 29.8. The molecule has 0 radical (unpaired) electrons. The summed E-state index contributed by atoms with van der Waals surface area (Å²) >= 11 is 3.13. The van der Waals surface area contributed by atoms with E-state index in [1.807, 2.05) is 31.2 Å². The Bertz CT molecular complexity index is 1220. The van der Waals surface area contributed by atoms with Crippen LogP contribution < -0.4 is 10.8 Å². The summed E-state index contributed by atoms with van der Waals surface area (Å²) in [6, 6.07) is 7.70. The molecule has 156 valence electrons. The van der Waals surface area contributed by atoms with Crippen molar-refractivity contribution in [1.29, 1.82) is 0 Å². The van der Waals surface area contributed by atoms with Crippen LogP contribution >= 0.6 is 23.1 Å². The Morgan fingerprint density at radius 2 is 2.22 bits per heavy atom. The molecule has 0 bridgehead atoms. The van der Waals surface area contributed by atoms with Gasteiger partial charge in [0.1, 0.15) is 0 Å². The Morgan fingerprint density at radius 3 is 2.91 bits per heavy atom. The normalized spacial score (nSPS) is 12.0.